The summed E-state index contributed by atoms with van der Waals surface area (Å²) in [6.07, 6.45) is 4.83. The third-order valence-corrected chi connectivity index (χ3v) is 5.89. The average Bonchev–Trinajstić information content (AvgIpc) is 2.83. The third-order valence-electron chi connectivity index (χ3n) is 5.56. The Morgan fingerprint density at radius 1 is 1.03 bits per heavy atom. The first-order valence-electron chi connectivity index (χ1n) is 10.8. The van der Waals surface area contributed by atoms with Crippen molar-refractivity contribution >= 4 is 40.2 Å². The number of pyridine rings is 1. The summed E-state index contributed by atoms with van der Waals surface area (Å²) >= 11 is 6.58. The van der Waals surface area contributed by atoms with E-state index in [1.165, 1.54) is 6.08 Å². The van der Waals surface area contributed by atoms with Gasteiger partial charge in [0.15, 0.2) is 0 Å². The Kier molecular flexibility index (Phi) is 6.85. The van der Waals surface area contributed by atoms with E-state index >= 15 is 0 Å². The molecule has 0 aliphatic carbocycles. The Morgan fingerprint density at radius 3 is 2.56 bits per heavy atom. The predicted octanol–water partition coefficient (Wildman–Crippen LogP) is 6.84. The first-order valence-corrected chi connectivity index (χ1v) is 11.1. The number of halogens is 1. The number of amides is 1. The van der Waals surface area contributed by atoms with Crippen molar-refractivity contribution in [2.75, 3.05) is 19.5 Å². The number of aryl methyl sites for hydroxylation is 2. The van der Waals surface area contributed by atoms with Gasteiger partial charge >= 0.3 is 0 Å². The lowest BCUT2D eigenvalue weighted by Gasteiger charge is -2.16. The summed E-state index contributed by atoms with van der Waals surface area (Å²) in [5.41, 5.74) is 6.01. The van der Waals surface area contributed by atoms with E-state index in [1.807, 2.05) is 38.1 Å². The van der Waals surface area contributed by atoms with Crippen LogP contribution >= 0.6 is 11.6 Å². The second kappa shape index (κ2) is 9.98. The molecule has 1 aromatic heterocycles. The molecule has 1 heterocycles. The molecule has 3 aromatic carbocycles. The number of carbonyl (C=O) groups excluding carboxylic acids is 1. The minimum atomic E-state index is -0.302. The van der Waals surface area contributed by atoms with Gasteiger partial charge in [-0.3, -0.25) is 9.78 Å². The fraction of sp³-hybridized carbons (Fsp3) is 0.143. The molecule has 1 amide bonds. The molecule has 34 heavy (non-hydrogen) atoms. The van der Waals surface area contributed by atoms with Crippen molar-refractivity contribution in [1.29, 1.82) is 0 Å². The van der Waals surface area contributed by atoms with Gasteiger partial charge < -0.3 is 14.8 Å². The summed E-state index contributed by atoms with van der Waals surface area (Å²) in [6.45, 7) is 4.07. The second-order valence-corrected chi connectivity index (χ2v) is 8.34. The average molecular weight is 473 g/mol. The lowest BCUT2D eigenvalue weighted by atomic mass is 9.96. The van der Waals surface area contributed by atoms with Gasteiger partial charge in [-0.05, 0) is 55.8 Å². The van der Waals surface area contributed by atoms with Crippen LogP contribution < -0.4 is 14.8 Å². The smallest absolute Gasteiger partial charge is 0.248 e. The van der Waals surface area contributed by atoms with Crippen LogP contribution in [-0.4, -0.2) is 25.1 Å². The van der Waals surface area contributed by atoms with E-state index in [2.05, 4.69) is 22.4 Å². The van der Waals surface area contributed by atoms with Crippen molar-refractivity contribution in [2.24, 2.45) is 0 Å². The molecule has 1 N–H and O–H groups in total. The van der Waals surface area contributed by atoms with E-state index in [1.54, 1.807) is 44.7 Å². The highest BCUT2D eigenvalue weighted by Crippen LogP contribution is 2.39. The lowest BCUT2D eigenvalue weighted by Crippen LogP contribution is -2.10. The molecule has 0 radical (unpaired) electrons. The Balaban J connectivity index is 1.77. The van der Waals surface area contributed by atoms with Crippen LogP contribution in [-0.2, 0) is 4.79 Å². The molecule has 4 rings (SSSR count). The first kappa shape index (κ1) is 23.3. The van der Waals surface area contributed by atoms with Gasteiger partial charge in [0.1, 0.15) is 11.5 Å². The number of benzene rings is 3. The number of rotatable bonds is 6. The van der Waals surface area contributed by atoms with Gasteiger partial charge in [0.05, 0.1) is 31.6 Å². The molecule has 0 aliphatic heterocycles. The summed E-state index contributed by atoms with van der Waals surface area (Å²) < 4.78 is 10.7. The fourth-order valence-electron chi connectivity index (χ4n) is 4.02. The van der Waals surface area contributed by atoms with Crippen molar-refractivity contribution in [3.8, 4) is 22.6 Å². The Bertz CT molecular complexity index is 1410. The molecule has 0 fully saturated rings. The summed E-state index contributed by atoms with van der Waals surface area (Å²) in [7, 11) is 3.17. The van der Waals surface area contributed by atoms with Gasteiger partial charge in [-0.2, -0.15) is 0 Å². The maximum atomic E-state index is 12.9. The normalized spacial score (nSPS) is 11.1. The van der Waals surface area contributed by atoms with Crippen molar-refractivity contribution in [3.05, 3.63) is 88.6 Å². The number of anilines is 1. The van der Waals surface area contributed by atoms with Gasteiger partial charge in [-0.15, -0.1) is 0 Å². The molecule has 172 valence electrons. The molecule has 0 saturated carbocycles. The van der Waals surface area contributed by atoms with E-state index < -0.39 is 0 Å². The third kappa shape index (κ3) is 4.75. The van der Waals surface area contributed by atoms with Crippen LogP contribution in [0.3, 0.4) is 0 Å². The van der Waals surface area contributed by atoms with Crippen LogP contribution in [0, 0.1) is 13.8 Å². The number of methoxy groups -OCH3 is 2. The molecule has 0 aliphatic rings. The van der Waals surface area contributed by atoms with E-state index in [4.69, 9.17) is 21.1 Å². The first-order chi connectivity index (χ1) is 16.4. The van der Waals surface area contributed by atoms with Gasteiger partial charge in [0, 0.05) is 33.2 Å². The molecule has 0 saturated heterocycles. The maximum absolute atomic E-state index is 12.9. The van der Waals surface area contributed by atoms with Crippen LogP contribution in [0.4, 0.5) is 5.69 Å². The molecule has 0 unspecified atom stereocenters. The predicted molar refractivity (Wildman–Crippen MR) is 139 cm³/mol. The monoisotopic (exact) mass is 472 g/mol. The summed E-state index contributed by atoms with van der Waals surface area (Å²) in [5.74, 6) is 1.01. The van der Waals surface area contributed by atoms with Crippen LogP contribution in [0.2, 0.25) is 5.02 Å². The van der Waals surface area contributed by atoms with Crippen LogP contribution in [0.1, 0.15) is 16.7 Å². The van der Waals surface area contributed by atoms with Gasteiger partial charge in [-0.1, -0.05) is 41.4 Å². The topological polar surface area (TPSA) is 60.5 Å². The minimum absolute atomic E-state index is 0.302. The molecule has 6 heteroatoms. The van der Waals surface area contributed by atoms with E-state index in [9.17, 15) is 4.79 Å². The number of fused-ring (bicyclic) bond motifs is 1. The number of nitrogens with zero attached hydrogens (tertiary/aromatic N) is 1. The number of carbonyl (C=O) groups is 1. The van der Waals surface area contributed by atoms with Crippen molar-refractivity contribution in [1.82, 2.24) is 4.98 Å². The number of nitrogens with one attached hydrogen (secondary N) is 1. The number of aromatic nitrogens is 1. The van der Waals surface area contributed by atoms with Crippen LogP contribution in [0.15, 0.2) is 66.9 Å². The highest BCUT2D eigenvalue weighted by Gasteiger charge is 2.16. The zero-order valence-electron chi connectivity index (χ0n) is 19.5. The minimum Gasteiger partial charge on any atom is -0.497 e. The second-order valence-electron chi connectivity index (χ2n) is 7.94. The van der Waals surface area contributed by atoms with Crippen molar-refractivity contribution < 1.29 is 14.3 Å². The molecule has 0 bridgehead atoms. The fourth-order valence-corrected chi connectivity index (χ4v) is 4.25. The number of ether oxygens (including phenoxy) is 2. The SMILES string of the molecule is COc1ccc(OC)c(/C=C/C(=O)Nc2cnc3c(C)cc(C)cc3c2-c2ccccc2Cl)c1. The molecular weight excluding hydrogens is 448 g/mol. The maximum Gasteiger partial charge on any atom is 0.248 e. The summed E-state index contributed by atoms with van der Waals surface area (Å²) in [4.78, 5) is 17.6. The van der Waals surface area contributed by atoms with Gasteiger partial charge in [0.25, 0.3) is 0 Å². The number of hydrogen-bond donors (Lipinski definition) is 1. The highest BCUT2D eigenvalue weighted by atomic mass is 35.5. The molecule has 0 spiro atoms. The number of hydrogen-bond acceptors (Lipinski definition) is 4. The molecule has 4 aromatic rings. The standard InChI is InChI=1S/C28H25ClN2O3/c1-17-13-18(2)28-22(14-17)27(21-7-5-6-8-23(21)29)24(16-30-28)31-26(32)12-9-19-15-20(33-3)10-11-25(19)34-4/h5-16H,1-4H3,(H,31,32)/b12-9+. The Labute approximate surface area is 204 Å². The van der Waals surface area contributed by atoms with Crippen LogP contribution in [0.5, 0.6) is 11.5 Å². The summed E-state index contributed by atoms with van der Waals surface area (Å²) in [5, 5.41) is 4.52. The Morgan fingerprint density at radius 2 is 1.82 bits per heavy atom. The van der Waals surface area contributed by atoms with E-state index in [-0.39, 0.29) is 5.91 Å². The Hall–Kier alpha value is -3.83. The molecule has 0 atom stereocenters. The van der Waals surface area contributed by atoms with E-state index in [0.717, 1.165) is 38.7 Å². The van der Waals surface area contributed by atoms with Crippen LogP contribution in [0.25, 0.3) is 28.1 Å². The lowest BCUT2D eigenvalue weighted by molar-refractivity contribution is -0.111. The largest absolute Gasteiger partial charge is 0.497 e. The van der Waals surface area contributed by atoms with E-state index in [0.29, 0.717) is 22.2 Å². The zero-order valence-corrected chi connectivity index (χ0v) is 20.2. The van der Waals surface area contributed by atoms with Gasteiger partial charge in [-0.25, -0.2) is 0 Å². The molecule has 5 nitrogen and oxygen atoms in total. The van der Waals surface area contributed by atoms with Crippen molar-refractivity contribution in [3.63, 3.8) is 0 Å². The highest BCUT2D eigenvalue weighted by molar-refractivity contribution is 6.34. The van der Waals surface area contributed by atoms with Crippen molar-refractivity contribution in [2.45, 2.75) is 13.8 Å². The summed E-state index contributed by atoms with van der Waals surface area (Å²) in [6, 6.07) is 17.2. The van der Waals surface area contributed by atoms with Gasteiger partial charge in [0.2, 0.25) is 5.91 Å². The molecular formula is C28H25ClN2O3. The quantitative estimate of drug-likeness (QED) is 0.312. The zero-order chi connectivity index (χ0) is 24.2.